The van der Waals surface area contributed by atoms with Gasteiger partial charge in [0, 0.05) is 23.7 Å². The van der Waals surface area contributed by atoms with E-state index in [0.717, 1.165) is 23.0 Å². The zero-order valence-electron chi connectivity index (χ0n) is 16.4. The highest BCUT2D eigenvalue weighted by molar-refractivity contribution is 7.89. The zero-order chi connectivity index (χ0) is 20.0. The van der Waals surface area contributed by atoms with Gasteiger partial charge in [-0.05, 0) is 48.8 Å². The molecule has 0 aromatic heterocycles. The van der Waals surface area contributed by atoms with Gasteiger partial charge >= 0.3 is 0 Å². The van der Waals surface area contributed by atoms with E-state index in [4.69, 9.17) is 4.84 Å². The van der Waals surface area contributed by atoms with E-state index < -0.39 is 15.9 Å². The lowest BCUT2D eigenvalue weighted by molar-refractivity contribution is -0.0258. The van der Waals surface area contributed by atoms with Gasteiger partial charge in [-0.15, -0.1) is 0 Å². The molecule has 1 amide bonds. The predicted octanol–water partition coefficient (Wildman–Crippen LogP) is 2.80. The van der Waals surface area contributed by atoms with Gasteiger partial charge in [-0.2, -0.15) is 5.10 Å². The van der Waals surface area contributed by atoms with Crippen molar-refractivity contribution in [2.75, 3.05) is 14.2 Å². The first-order valence-corrected chi connectivity index (χ1v) is 10.5. The molecule has 3 rings (SSSR count). The van der Waals surface area contributed by atoms with Crippen molar-refractivity contribution >= 4 is 21.6 Å². The van der Waals surface area contributed by atoms with Crippen molar-refractivity contribution in [1.29, 1.82) is 0 Å². The fraction of sp³-hybridized carbons (Fsp3) is 0.579. The number of carbonyl (C=O) groups is 1. The molecular formula is C19H27N3O4S. The number of hydrogen-bond donors (Lipinski definition) is 1. The molecule has 2 aliphatic rings. The Labute approximate surface area is 160 Å². The number of sulfonamides is 1. The Morgan fingerprint density at radius 1 is 1.33 bits per heavy atom. The van der Waals surface area contributed by atoms with E-state index in [2.05, 4.69) is 31.3 Å². The average molecular weight is 394 g/mol. The van der Waals surface area contributed by atoms with Gasteiger partial charge in [-0.3, -0.25) is 9.63 Å². The maximum absolute atomic E-state index is 12.5. The maximum atomic E-state index is 12.5. The molecule has 0 heterocycles. The smallest absolute Gasteiger partial charge is 0.271 e. The first-order valence-electron chi connectivity index (χ1n) is 9.04. The van der Waals surface area contributed by atoms with Crippen LogP contribution in [0.3, 0.4) is 0 Å². The lowest BCUT2D eigenvalue weighted by Crippen LogP contribution is -2.34. The van der Waals surface area contributed by atoms with Crippen LogP contribution in [0.25, 0.3) is 0 Å². The van der Waals surface area contributed by atoms with Crippen LogP contribution in [-0.4, -0.2) is 38.7 Å². The Kier molecular flexibility index (Phi) is 4.95. The Morgan fingerprint density at radius 3 is 2.59 bits per heavy atom. The van der Waals surface area contributed by atoms with Gasteiger partial charge in [0.25, 0.3) is 15.9 Å². The lowest BCUT2D eigenvalue weighted by Gasteiger charge is -2.34. The number of hydroxylamine groups is 1. The van der Waals surface area contributed by atoms with E-state index in [1.165, 1.54) is 38.8 Å². The van der Waals surface area contributed by atoms with Crippen LogP contribution in [-0.2, 0) is 14.9 Å². The number of hydrazone groups is 1. The monoisotopic (exact) mass is 393 g/mol. The van der Waals surface area contributed by atoms with Gasteiger partial charge in [-0.25, -0.2) is 13.8 Å². The Bertz CT molecular complexity index is 894. The Hall–Kier alpha value is -1.77. The highest BCUT2D eigenvalue weighted by atomic mass is 32.2. The normalized spacial score (nSPS) is 28.1. The molecule has 2 fully saturated rings. The van der Waals surface area contributed by atoms with Crippen molar-refractivity contribution in [3.8, 4) is 0 Å². The van der Waals surface area contributed by atoms with Crippen LogP contribution in [0.4, 0.5) is 0 Å². The van der Waals surface area contributed by atoms with Crippen molar-refractivity contribution < 1.29 is 18.0 Å². The number of fused-ring (bicyclic) bond motifs is 2. The molecule has 148 valence electrons. The second kappa shape index (κ2) is 6.68. The largest absolute Gasteiger partial charge is 0.288 e. The summed E-state index contributed by atoms with van der Waals surface area (Å²) in [5.41, 5.74) is 4.05. The topological polar surface area (TPSA) is 88.1 Å². The summed E-state index contributed by atoms with van der Waals surface area (Å²) >= 11 is 0. The van der Waals surface area contributed by atoms with Crippen molar-refractivity contribution in [3.63, 3.8) is 0 Å². The predicted molar refractivity (Wildman–Crippen MR) is 103 cm³/mol. The molecule has 7 nitrogen and oxygen atoms in total. The van der Waals surface area contributed by atoms with Gasteiger partial charge in [0.15, 0.2) is 0 Å². The molecule has 1 aromatic rings. The van der Waals surface area contributed by atoms with Crippen LogP contribution in [0.5, 0.6) is 0 Å². The summed E-state index contributed by atoms with van der Waals surface area (Å²) < 4.78 is 25.4. The molecule has 2 atom stereocenters. The second-order valence-corrected chi connectivity index (χ2v) is 10.1. The molecular weight excluding hydrogens is 366 g/mol. The second-order valence-electron chi connectivity index (χ2n) is 8.12. The third-order valence-corrected chi connectivity index (χ3v) is 8.47. The number of nitrogens with one attached hydrogen (secondary N) is 1. The van der Waals surface area contributed by atoms with Crippen LogP contribution in [0, 0.1) is 16.7 Å². The molecule has 2 aliphatic carbocycles. The van der Waals surface area contributed by atoms with E-state index in [1.807, 2.05) is 0 Å². The molecule has 1 N–H and O–H groups in total. The van der Waals surface area contributed by atoms with Crippen LogP contribution in [0.1, 0.15) is 50.4 Å². The van der Waals surface area contributed by atoms with Crippen molar-refractivity contribution in [1.82, 2.24) is 9.89 Å². The minimum Gasteiger partial charge on any atom is -0.288 e. The van der Waals surface area contributed by atoms with Gasteiger partial charge < -0.3 is 0 Å². The Morgan fingerprint density at radius 2 is 2.04 bits per heavy atom. The standard InChI is InChI=1S/C19H27N3O4S/c1-18(2)14-9-10-19(18,3)16(12-14)20-21-17(23)13-7-6-8-15(11-13)27(24,25)22(4)26-5/h6-8,11,14H,9-10,12H2,1-5H3,(H,21,23)/b20-16-/t14-,19+/m1/s1. The number of carbonyl (C=O) groups excluding carboxylic acids is 1. The third kappa shape index (κ3) is 3.09. The fourth-order valence-electron chi connectivity index (χ4n) is 4.32. The first kappa shape index (κ1) is 20.0. The summed E-state index contributed by atoms with van der Waals surface area (Å²) in [4.78, 5) is 17.3. The Balaban J connectivity index is 1.80. The number of amides is 1. The van der Waals surface area contributed by atoms with Crippen molar-refractivity contribution in [2.24, 2.45) is 21.8 Å². The molecule has 2 bridgehead atoms. The lowest BCUT2D eigenvalue weighted by atomic mass is 9.70. The molecule has 0 spiro atoms. The van der Waals surface area contributed by atoms with Crippen LogP contribution >= 0.6 is 0 Å². The zero-order valence-corrected chi connectivity index (χ0v) is 17.3. The summed E-state index contributed by atoms with van der Waals surface area (Å²) in [6, 6.07) is 5.84. The number of nitrogens with zero attached hydrogens (tertiary/aromatic N) is 2. The quantitative estimate of drug-likeness (QED) is 0.779. The van der Waals surface area contributed by atoms with Crippen LogP contribution < -0.4 is 5.43 Å². The highest BCUT2D eigenvalue weighted by Gasteiger charge is 2.60. The fourth-order valence-corrected chi connectivity index (χ4v) is 5.34. The molecule has 27 heavy (non-hydrogen) atoms. The SMILES string of the molecule is CON(C)S(=O)(=O)c1cccc(C(=O)N/N=C2/C[C@H]3CC[C@]2(C)C3(C)C)c1. The minimum absolute atomic E-state index is 0.00267. The first-order chi connectivity index (χ1) is 12.5. The molecule has 0 unspecified atom stereocenters. The van der Waals surface area contributed by atoms with E-state index >= 15 is 0 Å². The van der Waals surface area contributed by atoms with Crippen molar-refractivity contribution in [3.05, 3.63) is 29.8 Å². The summed E-state index contributed by atoms with van der Waals surface area (Å²) in [5.74, 6) is 0.167. The summed E-state index contributed by atoms with van der Waals surface area (Å²) in [5, 5.41) is 4.43. The molecule has 1 aromatic carbocycles. The summed E-state index contributed by atoms with van der Waals surface area (Å²) in [6.45, 7) is 6.77. The van der Waals surface area contributed by atoms with Gasteiger partial charge in [0.2, 0.25) is 0 Å². The molecule has 2 saturated carbocycles. The van der Waals surface area contributed by atoms with E-state index in [1.54, 1.807) is 6.07 Å². The maximum Gasteiger partial charge on any atom is 0.271 e. The molecule has 0 radical (unpaired) electrons. The summed E-state index contributed by atoms with van der Waals surface area (Å²) in [6.07, 6.45) is 3.18. The van der Waals surface area contributed by atoms with Crippen LogP contribution in [0.2, 0.25) is 0 Å². The van der Waals surface area contributed by atoms with E-state index in [9.17, 15) is 13.2 Å². The molecule has 8 heteroatoms. The summed E-state index contributed by atoms with van der Waals surface area (Å²) in [7, 11) is -1.25. The van der Waals surface area contributed by atoms with E-state index in [-0.39, 0.29) is 21.3 Å². The number of benzene rings is 1. The highest BCUT2D eigenvalue weighted by Crippen LogP contribution is 2.63. The average Bonchev–Trinajstić information content (AvgIpc) is 2.98. The van der Waals surface area contributed by atoms with Gasteiger partial charge in [0.05, 0.1) is 12.0 Å². The van der Waals surface area contributed by atoms with Gasteiger partial charge in [0.1, 0.15) is 0 Å². The van der Waals surface area contributed by atoms with Crippen molar-refractivity contribution in [2.45, 2.75) is 44.9 Å². The number of rotatable bonds is 5. The molecule has 0 saturated heterocycles. The van der Waals surface area contributed by atoms with E-state index in [0.29, 0.717) is 5.92 Å². The molecule has 0 aliphatic heterocycles. The van der Waals surface area contributed by atoms with Crippen LogP contribution in [0.15, 0.2) is 34.3 Å². The van der Waals surface area contributed by atoms with Gasteiger partial charge in [-0.1, -0.05) is 31.3 Å². The third-order valence-electron chi connectivity index (χ3n) is 6.79. The minimum atomic E-state index is -3.81. The number of hydrogen-bond acceptors (Lipinski definition) is 5.